The molecule has 2 heterocycles. The van der Waals surface area contributed by atoms with Gasteiger partial charge in [0.15, 0.2) is 11.5 Å². The molecule has 6 nitrogen and oxygen atoms in total. The number of benzene rings is 2. The van der Waals surface area contributed by atoms with Gasteiger partial charge in [-0.15, -0.1) is 0 Å². The number of hydrogen-bond donors (Lipinski definition) is 1. The topological polar surface area (TPSA) is 83.6 Å². The van der Waals surface area contributed by atoms with Gasteiger partial charge in [0.25, 0.3) is 0 Å². The minimum atomic E-state index is -0.984. The van der Waals surface area contributed by atoms with Gasteiger partial charge in [-0.25, -0.2) is 17.6 Å². The molecular formula is C30H32F4N2O4. The second-order valence-electron chi connectivity index (χ2n) is 12.2. The summed E-state index contributed by atoms with van der Waals surface area (Å²) in [6.07, 6.45) is -0.0795. The van der Waals surface area contributed by atoms with Crippen molar-refractivity contribution >= 4 is 11.6 Å². The predicted molar refractivity (Wildman–Crippen MR) is 140 cm³/mol. The molecule has 1 aliphatic rings. The highest BCUT2D eigenvalue weighted by atomic mass is 19.1. The van der Waals surface area contributed by atoms with Crippen molar-refractivity contribution in [1.82, 2.24) is 10.1 Å². The maximum atomic E-state index is 14.5. The van der Waals surface area contributed by atoms with E-state index in [-0.39, 0.29) is 47.6 Å². The molecule has 0 spiro atoms. The molecule has 214 valence electrons. The fraction of sp³-hybridized carbons (Fsp3) is 0.433. The van der Waals surface area contributed by atoms with Gasteiger partial charge in [-0.3, -0.25) is 14.5 Å². The lowest BCUT2D eigenvalue weighted by Crippen LogP contribution is -2.60. The number of nitrogens with zero attached hydrogens (tertiary/aromatic N) is 2. The molecule has 1 saturated heterocycles. The van der Waals surface area contributed by atoms with E-state index >= 15 is 0 Å². The zero-order chi connectivity index (χ0) is 29.5. The van der Waals surface area contributed by atoms with Crippen molar-refractivity contribution in [3.05, 3.63) is 77.0 Å². The first-order valence-electron chi connectivity index (χ1n) is 12.9. The number of rotatable bonds is 11. The number of ketones is 2. The van der Waals surface area contributed by atoms with Gasteiger partial charge in [0.2, 0.25) is 0 Å². The molecule has 0 radical (unpaired) electrons. The van der Waals surface area contributed by atoms with E-state index in [1.807, 2.05) is 4.90 Å². The molecule has 4 rings (SSSR count). The zero-order valence-electron chi connectivity index (χ0n) is 22.9. The highest BCUT2D eigenvalue weighted by Gasteiger charge is 2.47. The largest absolute Gasteiger partial charge is 0.389 e. The van der Waals surface area contributed by atoms with Crippen LogP contribution < -0.4 is 0 Å². The second-order valence-corrected chi connectivity index (χ2v) is 12.2. The lowest BCUT2D eigenvalue weighted by molar-refractivity contribution is -0.127. The van der Waals surface area contributed by atoms with Crippen LogP contribution in [-0.4, -0.2) is 52.0 Å². The predicted octanol–water partition coefficient (Wildman–Crippen LogP) is 5.87. The Bertz CT molecular complexity index is 1420. The summed E-state index contributed by atoms with van der Waals surface area (Å²) in [6, 6.07) is 7.49. The van der Waals surface area contributed by atoms with E-state index in [9.17, 15) is 32.3 Å². The summed E-state index contributed by atoms with van der Waals surface area (Å²) < 4.78 is 60.5. The summed E-state index contributed by atoms with van der Waals surface area (Å²) in [6.45, 7) is 7.77. The molecule has 1 aromatic heterocycles. The van der Waals surface area contributed by atoms with E-state index in [1.54, 1.807) is 27.7 Å². The van der Waals surface area contributed by atoms with Gasteiger partial charge in [-0.05, 0) is 43.0 Å². The van der Waals surface area contributed by atoms with Crippen molar-refractivity contribution in [2.45, 2.75) is 58.0 Å². The second kappa shape index (κ2) is 10.9. The van der Waals surface area contributed by atoms with Crippen molar-refractivity contribution in [1.29, 1.82) is 0 Å². The Labute approximate surface area is 230 Å². The summed E-state index contributed by atoms with van der Waals surface area (Å²) in [4.78, 5) is 28.5. The third kappa shape index (κ3) is 6.85. The first-order valence-corrected chi connectivity index (χ1v) is 12.9. The van der Waals surface area contributed by atoms with E-state index < -0.39 is 45.5 Å². The Hall–Kier alpha value is -3.37. The van der Waals surface area contributed by atoms with Crippen molar-refractivity contribution in [2.75, 3.05) is 19.6 Å². The Morgan fingerprint density at radius 3 is 2.17 bits per heavy atom. The average molecular weight is 561 g/mol. The number of aromatic nitrogens is 1. The molecule has 0 bridgehead atoms. The summed E-state index contributed by atoms with van der Waals surface area (Å²) in [7, 11) is 0. The van der Waals surface area contributed by atoms with Crippen molar-refractivity contribution in [3.8, 4) is 11.3 Å². The van der Waals surface area contributed by atoms with E-state index in [1.165, 1.54) is 18.2 Å². The van der Waals surface area contributed by atoms with Crippen LogP contribution in [0.1, 0.15) is 63.0 Å². The van der Waals surface area contributed by atoms with Gasteiger partial charge in [-0.1, -0.05) is 25.1 Å². The zero-order valence-corrected chi connectivity index (χ0v) is 22.9. The number of hydrogen-bond acceptors (Lipinski definition) is 6. The molecule has 0 atom stereocenters. The average Bonchev–Trinajstić information content (AvgIpc) is 3.26. The number of aliphatic hydroxyl groups is 1. The van der Waals surface area contributed by atoms with E-state index in [0.29, 0.717) is 25.7 Å². The third-order valence-electron chi connectivity index (χ3n) is 7.13. The van der Waals surface area contributed by atoms with Crippen LogP contribution in [0.25, 0.3) is 11.3 Å². The first-order chi connectivity index (χ1) is 18.6. The van der Waals surface area contributed by atoms with E-state index in [2.05, 4.69) is 5.16 Å². The van der Waals surface area contributed by atoms with Crippen LogP contribution in [-0.2, 0) is 10.2 Å². The fourth-order valence-corrected chi connectivity index (χ4v) is 5.61. The Morgan fingerprint density at radius 2 is 1.57 bits per heavy atom. The normalized spacial score (nSPS) is 15.6. The molecule has 0 amide bonds. The van der Waals surface area contributed by atoms with Gasteiger partial charge in [0.1, 0.15) is 34.7 Å². The standard InChI is InChI=1S/C30H32F4N2O4/c1-28(2,22-8-6-19(32)10-24(22)34)12-20(37)13-30(16-36(17-30)15-29(3,4)39)14-26(38)25-11-27(40-35-25)21-7-5-18(31)9-23(21)33/h5-11,39H,12-17H2,1-4H3. The molecule has 1 N–H and O–H groups in total. The molecule has 3 aromatic rings. The minimum absolute atomic E-state index is 0.0185. The first kappa shape index (κ1) is 29.6. The number of carbonyl (C=O) groups excluding carboxylic acids is 2. The molecule has 0 unspecified atom stereocenters. The molecule has 0 saturated carbocycles. The van der Waals surface area contributed by atoms with E-state index in [4.69, 9.17) is 4.52 Å². The van der Waals surface area contributed by atoms with Crippen LogP contribution in [0.15, 0.2) is 47.0 Å². The maximum Gasteiger partial charge on any atom is 0.185 e. The number of likely N-dealkylation sites (tertiary alicyclic amines) is 1. The molecule has 10 heteroatoms. The molecule has 1 aliphatic heterocycles. The molecule has 0 aliphatic carbocycles. The quantitative estimate of drug-likeness (QED) is 0.233. The number of β-amino-alcohol motifs (C(OH)–C–C–N with tert-alkyl or cyclic N) is 1. The number of halogens is 4. The van der Waals surface area contributed by atoms with Crippen LogP contribution in [0.5, 0.6) is 0 Å². The molecular weight excluding hydrogens is 528 g/mol. The SMILES string of the molecule is CC(C)(O)CN1CC(CC(=O)CC(C)(C)c2ccc(F)cc2F)(CC(=O)c2cc(-c3ccc(F)cc3F)on2)C1. The Morgan fingerprint density at radius 1 is 0.950 bits per heavy atom. The molecule has 1 fully saturated rings. The lowest BCUT2D eigenvalue weighted by atomic mass is 9.69. The van der Waals surface area contributed by atoms with Gasteiger partial charge in [-0.2, -0.15) is 0 Å². The van der Waals surface area contributed by atoms with E-state index in [0.717, 1.165) is 18.2 Å². The van der Waals surface area contributed by atoms with Crippen molar-refractivity contribution in [3.63, 3.8) is 0 Å². The van der Waals surface area contributed by atoms with Crippen LogP contribution >= 0.6 is 0 Å². The highest BCUT2D eigenvalue weighted by Crippen LogP contribution is 2.41. The molecule has 2 aromatic carbocycles. The van der Waals surface area contributed by atoms with Gasteiger partial charge in [0, 0.05) is 62.5 Å². The minimum Gasteiger partial charge on any atom is -0.389 e. The smallest absolute Gasteiger partial charge is 0.185 e. The summed E-state index contributed by atoms with van der Waals surface area (Å²) in [5.41, 5.74) is -2.56. The van der Waals surface area contributed by atoms with Gasteiger partial charge >= 0.3 is 0 Å². The van der Waals surface area contributed by atoms with Crippen LogP contribution in [0.2, 0.25) is 0 Å². The van der Waals surface area contributed by atoms with Crippen LogP contribution in [0.3, 0.4) is 0 Å². The Balaban J connectivity index is 1.51. The van der Waals surface area contributed by atoms with Gasteiger partial charge in [0.05, 0.1) is 11.2 Å². The third-order valence-corrected chi connectivity index (χ3v) is 7.13. The molecule has 40 heavy (non-hydrogen) atoms. The fourth-order valence-electron chi connectivity index (χ4n) is 5.61. The van der Waals surface area contributed by atoms with Crippen LogP contribution in [0, 0.1) is 28.7 Å². The van der Waals surface area contributed by atoms with Crippen LogP contribution in [0.4, 0.5) is 17.6 Å². The Kier molecular flexibility index (Phi) is 8.06. The summed E-state index contributed by atoms with van der Waals surface area (Å²) >= 11 is 0. The highest BCUT2D eigenvalue weighted by molar-refractivity contribution is 5.96. The summed E-state index contributed by atoms with van der Waals surface area (Å²) in [5, 5.41) is 14.0. The van der Waals surface area contributed by atoms with Gasteiger partial charge < -0.3 is 9.63 Å². The number of Topliss-reactive ketones (excluding diaryl/α,β-unsaturated/α-hetero) is 2. The van der Waals surface area contributed by atoms with Crippen molar-refractivity contribution < 1.29 is 36.8 Å². The monoisotopic (exact) mass is 560 g/mol. The van der Waals surface area contributed by atoms with Crippen molar-refractivity contribution in [2.24, 2.45) is 5.41 Å². The maximum absolute atomic E-state index is 14.5. The number of carbonyl (C=O) groups is 2. The lowest BCUT2D eigenvalue weighted by Gasteiger charge is -2.51. The summed E-state index contributed by atoms with van der Waals surface area (Å²) in [5.74, 6) is -3.71.